The fourth-order valence-electron chi connectivity index (χ4n) is 3.37. The Morgan fingerprint density at radius 1 is 1.47 bits per heavy atom. The van der Waals surface area contributed by atoms with Crippen molar-refractivity contribution < 1.29 is 18.3 Å². The number of alkyl halides is 1. The summed E-state index contributed by atoms with van der Waals surface area (Å²) in [5, 5.41) is 12.2. The SMILES string of the molecule is C[C@@H]1C[C@](/N=C(/N)[C@](C)(C#N)CI)(c2cc(NC(=O)c3ccc(F)cn3)ccc2F)CO1. The van der Waals surface area contributed by atoms with Crippen molar-refractivity contribution in [3.63, 3.8) is 0 Å². The molecule has 168 valence electrons. The lowest BCUT2D eigenvalue weighted by molar-refractivity contribution is 0.102. The van der Waals surface area contributed by atoms with Gasteiger partial charge < -0.3 is 15.8 Å². The highest BCUT2D eigenvalue weighted by atomic mass is 127. The summed E-state index contributed by atoms with van der Waals surface area (Å²) in [5.74, 6) is -1.58. The number of anilines is 1. The molecule has 1 aromatic heterocycles. The molecule has 0 aliphatic carbocycles. The number of rotatable bonds is 6. The van der Waals surface area contributed by atoms with Crippen LogP contribution in [-0.2, 0) is 10.3 Å². The third-order valence-electron chi connectivity index (χ3n) is 5.33. The standard InChI is InChI=1S/C22H22F2IN5O2/c1-13-8-22(12-32-13,30-20(27)21(2,10-25)11-26)16-7-15(4-5-17(16)24)29-19(31)18-6-3-14(23)9-28-18/h3-7,9,13H,8,10,12H2,1-2H3,(H2,27,30)(H,29,31)/t13-,21+,22-/m1/s1. The maximum absolute atomic E-state index is 15.0. The smallest absolute Gasteiger partial charge is 0.274 e. The summed E-state index contributed by atoms with van der Waals surface area (Å²) >= 11 is 2.06. The van der Waals surface area contributed by atoms with E-state index < -0.39 is 28.5 Å². The number of hydrogen-bond donors (Lipinski definition) is 2. The number of benzene rings is 1. The first-order valence-electron chi connectivity index (χ1n) is 9.80. The summed E-state index contributed by atoms with van der Waals surface area (Å²) in [6.45, 7) is 3.60. The topological polar surface area (TPSA) is 113 Å². The molecule has 1 saturated heterocycles. The van der Waals surface area contributed by atoms with E-state index in [1.54, 1.807) is 6.92 Å². The number of halogens is 3. The number of ether oxygens (including phenoxy) is 1. The molecule has 3 N–H and O–H groups in total. The van der Waals surface area contributed by atoms with Crippen LogP contribution < -0.4 is 11.1 Å². The number of carbonyl (C=O) groups is 1. The third-order valence-corrected chi connectivity index (χ3v) is 6.86. The lowest BCUT2D eigenvalue weighted by Gasteiger charge is -2.28. The average Bonchev–Trinajstić information content (AvgIpc) is 3.15. The summed E-state index contributed by atoms with van der Waals surface area (Å²) in [5.41, 5.74) is 4.57. The molecular weight excluding hydrogens is 531 g/mol. The second-order valence-electron chi connectivity index (χ2n) is 7.94. The zero-order valence-corrected chi connectivity index (χ0v) is 19.7. The molecule has 1 aliphatic rings. The van der Waals surface area contributed by atoms with E-state index in [1.807, 2.05) is 6.92 Å². The van der Waals surface area contributed by atoms with Gasteiger partial charge in [0.05, 0.1) is 25.0 Å². The normalized spacial score (nSPS) is 22.8. The molecule has 3 rings (SSSR count). The molecule has 1 aromatic carbocycles. The van der Waals surface area contributed by atoms with Crippen LogP contribution in [0, 0.1) is 28.4 Å². The van der Waals surface area contributed by atoms with Crippen molar-refractivity contribution in [2.75, 3.05) is 16.4 Å². The van der Waals surface area contributed by atoms with Crippen LogP contribution in [0.5, 0.6) is 0 Å². The molecule has 0 saturated carbocycles. The van der Waals surface area contributed by atoms with Gasteiger partial charge in [-0.05, 0) is 44.2 Å². The van der Waals surface area contributed by atoms with E-state index in [9.17, 15) is 14.4 Å². The molecule has 2 aromatic rings. The summed E-state index contributed by atoms with van der Waals surface area (Å²) in [6, 6.07) is 8.65. The lowest BCUT2D eigenvalue weighted by Crippen LogP contribution is -2.39. The number of nitrogens with one attached hydrogen (secondary N) is 1. The van der Waals surface area contributed by atoms with Crippen molar-refractivity contribution in [1.82, 2.24) is 4.98 Å². The van der Waals surface area contributed by atoms with Gasteiger partial charge in [-0.1, -0.05) is 22.6 Å². The Morgan fingerprint density at radius 2 is 2.22 bits per heavy atom. The van der Waals surface area contributed by atoms with Gasteiger partial charge in [-0.3, -0.25) is 9.79 Å². The highest BCUT2D eigenvalue weighted by molar-refractivity contribution is 14.1. The van der Waals surface area contributed by atoms with Crippen LogP contribution in [-0.4, -0.2) is 33.9 Å². The minimum absolute atomic E-state index is 0.0129. The van der Waals surface area contributed by atoms with Crippen LogP contribution in [0.15, 0.2) is 41.5 Å². The predicted molar refractivity (Wildman–Crippen MR) is 124 cm³/mol. The maximum Gasteiger partial charge on any atom is 0.274 e. The number of aliphatic imine (C=N–C) groups is 1. The number of amidine groups is 1. The molecule has 32 heavy (non-hydrogen) atoms. The fourth-order valence-corrected chi connectivity index (χ4v) is 3.94. The monoisotopic (exact) mass is 553 g/mol. The summed E-state index contributed by atoms with van der Waals surface area (Å²) in [7, 11) is 0. The zero-order valence-electron chi connectivity index (χ0n) is 17.5. The van der Waals surface area contributed by atoms with Crippen LogP contribution in [0.3, 0.4) is 0 Å². The van der Waals surface area contributed by atoms with E-state index in [1.165, 1.54) is 24.3 Å². The van der Waals surface area contributed by atoms with Crippen LogP contribution in [0.25, 0.3) is 0 Å². The first kappa shape index (κ1) is 24.0. The first-order valence-corrected chi connectivity index (χ1v) is 11.3. The maximum atomic E-state index is 15.0. The van der Waals surface area contributed by atoms with Gasteiger partial charge in [0.2, 0.25) is 0 Å². The van der Waals surface area contributed by atoms with Crippen molar-refractivity contribution in [2.24, 2.45) is 16.1 Å². The highest BCUT2D eigenvalue weighted by Crippen LogP contribution is 2.41. The van der Waals surface area contributed by atoms with E-state index in [0.717, 1.165) is 12.3 Å². The molecule has 3 atom stereocenters. The molecule has 0 bridgehead atoms. The van der Waals surface area contributed by atoms with Crippen molar-refractivity contribution in [2.45, 2.75) is 31.9 Å². The minimum atomic E-state index is -1.15. The molecule has 1 fully saturated rings. The van der Waals surface area contributed by atoms with Gasteiger partial charge in [0.15, 0.2) is 0 Å². The van der Waals surface area contributed by atoms with Crippen molar-refractivity contribution in [3.05, 3.63) is 59.4 Å². The van der Waals surface area contributed by atoms with E-state index >= 15 is 4.39 Å². The second-order valence-corrected chi connectivity index (χ2v) is 8.71. The largest absolute Gasteiger partial charge is 0.386 e. The van der Waals surface area contributed by atoms with Crippen LogP contribution in [0.1, 0.15) is 36.3 Å². The fraction of sp³-hybridized carbons (Fsp3) is 0.364. The number of pyridine rings is 1. The molecule has 2 heterocycles. The summed E-state index contributed by atoms with van der Waals surface area (Å²) < 4.78 is 34.2. The molecule has 1 aliphatic heterocycles. The van der Waals surface area contributed by atoms with E-state index in [2.05, 4.69) is 44.0 Å². The molecule has 0 unspecified atom stereocenters. The van der Waals surface area contributed by atoms with Crippen molar-refractivity contribution in [1.29, 1.82) is 5.26 Å². The number of nitriles is 1. The average molecular weight is 553 g/mol. The van der Waals surface area contributed by atoms with Crippen LogP contribution >= 0.6 is 22.6 Å². The van der Waals surface area contributed by atoms with Crippen molar-refractivity contribution in [3.8, 4) is 6.07 Å². The van der Waals surface area contributed by atoms with E-state index in [0.29, 0.717) is 16.5 Å². The van der Waals surface area contributed by atoms with Gasteiger partial charge >= 0.3 is 0 Å². The zero-order chi connectivity index (χ0) is 23.5. The van der Waals surface area contributed by atoms with E-state index in [-0.39, 0.29) is 29.8 Å². The number of carbonyl (C=O) groups excluding carboxylic acids is 1. The quantitative estimate of drug-likeness (QED) is 0.244. The second kappa shape index (κ2) is 9.46. The summed E-state index contributed by atoms with van der Waals surface area (Å²) in [4.78, 5) is 20.8. The minimum Gasteiger partial charge on any atom is -0.386 e. The molecule has 7 nitrogen and oxygen atoms in total. The molecule has 0 spiro atoms. The van der Waals surface area contributed by atoms with Crippen LogP contribution in [0.2, 0.25) is 0 Å². The van der Waals surface area contributed by atoms with Gasteiger partial charge in [-0.2, -0.15) is 5.26 Å². The number of nitrogens with zero attached hydrogens (tertiary/aromatic N) is 3. The molecule has 10 heteroatoms. The Bertz CT molecular complexity index is 1090. The number of aromatic nitrogens is 1. The summed E-state index contributed by atoms with van der Waals surface area (Å²) in [6.07, 6.45) is 1.08. The first-order chi connectivity index (χ1) is 15.1. The Labute approximate surface area is 198 Å². The molecule has 0 radical (unpaired) electrons. The van der Waals surface area contributed by atoms with Crippen molar-refractivity contribution >= 4 is 40.0 Å². The lowest BCUT2D eigenvalue weighted by atomic mass is 9.86. The van der Waals surface area contributed by atoms with Crippen LogP contribution in [0.4, 0.5) is 14.5 Å². The molecule has 1 amide bonds. The number of nitrogens with two attached hydrogens (primary N) is 1. The Balaban J connectivity index is 2.00. The Morgan fingerprint density at radius 3 is 2.78 bits per heavy atom. The van der Waals surface area contributed by atoms with E-state index in [4.69, 9.17) is 10.5 Å². The predicted octanol–water partition coefficient (Wildman–Crippen LogP) is 3.94. The number of hydrogen-bond acceptors (Lipinski definition) is 5. The van der Waals surface area contributed by atoms with Gasteiger partial charge in [0.1, 0.15) is 34.1 Å². The van der Waals surface area contributed by atoms with Gasteiger partial charge in [-0.25, -0.2) is 13.8 Å². The Hall–Kier alpha value is -2.65. The van der Waals surface area contributed by atoms with Gasteiger partial charge in [0.25, 0.3) is 5.91 Å². The third kappa shape index (κ3) is 4.88. The Kier molecular flexibility index (Phi) is 7.09. The molecular formula is C22H22F2IN5O2. The number of amides is 1. The highest BCUT2D eigenvalue weighted by Gasteiger charge is 2.44. The van der Waals surface area contributed by atoms with Gasteiger partial charge in [0, 0.05) is 22.1 Å². The van der Waals surface area contributed by atoms with Gasteiger partial charge in [-0.15, -0.1) is 0 Å².